The van der Waals surface area contributed by atoms with Crippen molar-refractivity contribution < 1.29 is 14.3 Å². The molecule has 0 aromatic carbocycles. The van der Waals surface area contributed by atoms with Gasteiger partial charge in [0.15, 0.2) is 0 Å². The van der Waals surface area contributed by atoms with Gasteiger partial charge in [-0.3, -0.25) is 0 Å². The van der Waals surface area contributed by atoms with E-state index in [9.17, 15) is 4.79 Å². The van der Waals surface area contributed by atoms with Crippen molar-refractivity contribution >= 4 is 6.03 Å². The second-order valence-corrected chi connectivity index (χ2v) is 7.04. The second kappa shape index (κ2) is 10.1. The van der Waals surface area contributed by atoms with Crippen LogP contribution in [0.15, 0.2) is 0 Å². The van der Waals surface area contributed by atoms with Crippen LogP contribution in [0.4, 0.5) is 4.79 Å². The van der Waals surface area contributed by atoms with Crippen molar-refractivity contribution in [3.05, 3.63) is 0 Å². The van der Waals surface area contributed by atoms with Crippen molar-refractivity contribution in [1.82, 2.24) is 15.5 Å². The first-order valence-corrected chi connectivity index (χ1v) is 9.03. The molecule has 6 nitrogen and oxygen atoms in total. The van der Waals surface area contributed by atoms with E-state index in [1.807, 2.05) is 14.1 Å². The van der Waals surface area contributed by atoms with Crippen LogP contribution in [0, 0.1) is 5.92 Å². The van der Waals surface area contributed by atoms with Crippen LogP contribution in [0.5, 0.6) is 0 Å². The number of likely N-dealkylation sites (N-methyl/N-ethyl adjacent to an activating group) is 1. The summed E-state index contributed by atoms with van der Waals surface area (Å²) in [6, 6.07) is -0.149. The van der Waals surface area contributed by atoms with Crippen LogP contribution in [0.25, 0.3) is 0 Å². The van der Waals surface area contributed by atoms with Crippen LogP contribution in [0.3, 0.4) is 0 Å². The van der Waals surface area contributed by atoms with E-state index >= 15 is 0 Å². The van der Waals surface area contributed by atoms with Crippen molar-refractivity contribution in [3.8, 4) is 0 Å². The topological polar surface area (TPSA) is 62.8 Å². The van der Waals surface area contributed by atoms with E-state index in [1.54, 1.807) is 0 Å². The summed E-state index contributed by atoms with van der Waals surface area (Å²) < 4.78 is 11.4. The van der Waals surface area contributed by atoms with Crippen molar-refractivity contribution in [2.75, 3.05) is 47.0 Å². The summed E-state index contributed by atoms with van der Waals surface area (Å²) in [5.41, 5.74) is 0. The Morgan fingerprint density at radius 3 is 2.74 bits per heavy atom. The highest BCUT2D eigenvalue weighted by Crippen LogP contribution is 2.22. The van der Waals surface area contributed by atoms with E-state index in [0.717, 1.165) is 19.5 Å². The molecule has 1 aliphatic heterocycles. The van der Waals surface area contributed by atoms with Crippen LogP contribution >= 0.6 is 0 Å². The minimum atomic E-state index is -0.0905. The maximum absolute atomic E-state index is 12.1. The summed E-state index contributed by atoms with van der Waals surface area (Å²) in [7, 11) is 4.06. The van der Waals surface area contributed by atoms with Gasteiger partial charge in [-0.15, -0.1) is 0 Å². The first kappa shape index (κ1) is 18.5. The van der Waals surface area contributed by atoms with Crippen molar-refractivity contribution in [2.45, 2.75) is 50.7 Å². The van der Waals surface area contributed by atoms with Gasteiger partial charge >= 0.3 is 6.03 Å². The van der Waals surface area contributed by atoms with Crippen LogP contribution in [-0.2, 0) is 9.47 Å². The number of hydrogen-bond acceptors (Lipinski definition) is 4. The number of amides is 2. The highest BCUT2D eigenvalue weighted by atomic mass is 16.5. The number of hydrogen-bond donors (Lipinski definition) is 2. The van der Waals surface area contributed by atoms with Gasteiger partial charge < -0.3 is 25.0 Å². The Labute approximate surface area is 140 Å². The number of urea groups is 1. The molecule has 0 unspecified atom stereocenters. The normalized spacial score (nSPS) is 26.2. The first-order chi connectivity index (χ1) is 11.1. The Balaban J connectivity index is 1.68. The summed E-state index contributed by atoms with van der Waals surface area (Å²) >= 11 is 0. The summed E-state index contributed by atoms with van der Waals surface area (Å²) in [5, 5.41) is 6.06. The Morgan fingerprint density at radius 1 is 1.22 bits per heavy atom. The van der Waals surface area contributed by atoms with Crippen LogP contribution in [0.1, 0.15) is 38.5 Å². The molecule has 2 rings (SSSR count). The third kappa shape index (κ3) is 7.06. The van der Waals surface area contributed by atoms with Crippen LogP contribution in [-0.4, -0.2) is 70.1 Å². The average molecular weight is 327 g/mol. The van der Waals surface area contributed by atoms with Crippen molar-refractivity contribution in [1.29, 1.82) is 0 Å². The molecular weight excluding hydrogens is 294 g/mol. The summed E-state index contributed by atoms with van der Waals surface area (Å²) in [4.78, 5) is 14.2. The number of carbonyl (C=O) groups is 1. The van der Waals surface area contributed by atoms with Gasteiger partial charge in [-0.1, -0.05) is 19.3 Å². The molecule has 1 heterocycles. The quantitative estimate of drug-likeness (QED) is 0.746. The zero-order valence-electron chi connectivity index (χ0n) is 14.7. The molecule has 0 aromatic heterocycles. The van der Waals surface area contributed by atoms with E-state index in [2.05, 4.69) is 15.5 Å². The number of rotatable bonds is 7. The molecule has 0 aromatic rings. The predicted octanol–water partition coefficient (Wildman–Crippen LogP) is 1.60. The van der Waals surface area contributed by atoms with E-state index < -0.39 is 0 Å². The fraction of sp³-hybridized carbons (Fsp3) is 0.941. The fourth-order valence-corrected chi connectivity index (χ4v) is 3.29. The van der Waals surface area contributed by atoms with Crippen LogP contribution < -0.4 is 10.6 Å². The molecule has 134 valence electrons. The number of ether oxygens (including phenoxy) is 2. The van der Waals surface area contributed by atoms with E-state index in [-0.39, 0.29) is 18.2 Å². The molecule has 2 atom stereocenters. The Morgan fingerprint density at radius 2 is 2.00 bits per heavy atom. The fourth-order valence-electron chi connectivity index (χ4n) is 3.29. The van der Waals surface area contributed by atoms with Crippen molar-refractivity contribution in [3.63, 3.8) is 0 Å². The summed E-state index contributed by atoms with van der Waals surface area (Å²) in [6.07, 6.45) is 7.30. The largest absolute Gasteiger partial charge is 0.379 e. The van der Waals surface area contributed by atoms with Gasteiger partial charge in [-0.2, -0.15) is 0 Å². The molecule has 23 heavy (non-hydrogen) atoms. The molecule has 0 spiro atoms. The van der Waals surface area contributed by atoms with Crippen LogP contribution in [0.2, 0.25) is 0 Å². The zero-order valence-corrected chi connectivity index (χ0v) is 14.7. The lowest BCUT2D eigenvalue weighted by Crippen LogP contribution is -2.54. The van der Waals surface area contributed by atoms with Gasteiger partial charge in [0.25, 0.3) is 0 Å². The predicted molar refractivity (Wildman–Crippen MR) is 90.6 cm³/mol. The van der Waals surface area contributed by atoms with E-state index in [4.69, 9.17) is 9.47 Å². The third-order valence-corrected chi connectivity index (χ3v) is 4.76. The lowest BCUT2D eigenvalue weighted by Gasteiger charge is -2.32. The molecule has 2 amide bonds. The molecule has 1 aliphatic carbocycles. The Hall–Kier alpha value is -0.850. The highest BCUT2D eigenvalue weighted by Gasteiger charge is 2.28. The molecule has 0 bridgehead atoms. The smallest absolute Gasteiger partial charge is 0.315 e. The molecule has 1 saturated heterocycles. The monoisotopic (exact) mass is 327 g/mol. The molecule has 2 fully saturated rings. The molecule has 2 aliphatic rings. The van der Waals surface area contributed by atoms with Gasteiger partial charge in [0.1, 0.15) is 0 Å². The van der Waals surface area contributed by atoms with E-state index in [0.29, 0.717) is 25.7 Å². The second-order valence-electron chi connectivity index (χ2n) is 7.04. The van der Waals surface area contributed by atoms with Gasteiger partial charge in [0.2, 0.25) is 0 Å². The van der Waals surface area contributed by atoms with Gasteiger partial charge in [0, 0.05) is 19.7 Å². The minimum Gasteiger partial charge on any atom is -0.379 e. The number of nitrogens with zero attached hydrogens (tertiary/aromatic N) is 1. The lowest BCUT2D eigenvalue weighted by atomic mass is 9.89. The lowest BCUT2D eigenvalue weighted by molar-refractivity contribution is -0.0552. The third-order valence-electron chi connectivity index (χ3n) is 4.76. The first-order valence-electron chi connectivity index (χ1n) is 9.03. The standard InChI is InChI=1S/C17H33N3O3/c1-20(2)9-11-23-16-8-10-22-13-15(16)19-17(21)18-12-14-6-4-3-5-7-14/h14-16H,3-13H2,1-2H3,(H2,18,19,21)/t15-,16+/m0/s1. The Kier molecular flexibility index (Phi) is 8.12. The highest BCUT2D eigenvalue weighted by molar-refractivity contribution is 5.74. The van der Waals surface area contributed by atoms with Crippen molar-refractivity contribution in [2.24, 2.45) is 5.92 Å². The maximum atomic E-state index is 12.1. The zero-order chi connectivity index (χ0) is 16.5. The molecule has 6 heteroatoms. The minimum absolute atomic E-state index is 0.0455. The summed E-state index contributed by atoms with van der Waals surface area (Å²) in [6.45, 7) is 3.58. The number of carbonyl (C=O) groups excluding carboxylic acids is 1. The number of nitrogens with one attached hydrogen (secondary N) is 2. The Bertz CT molecular complexity index is 346. The van der Waals surface area contributed by atoms with Gasteiger partial charge in [-0.25, -0.2) is 4.79 Å². The van der Waals surface area contributed by atoms with Gasteiger partial charge in [0.05, 0.1) is 25.4 Å². The summed E-state index contributed by atoms with van der Waals surface area (Å²) in [5.74, 6) is 0.643. The average Bonchev–Trinajstić information content (AvgIpc) is 2.55. The van der Waals surface area contributed by atoms with Gasteiger partial charge in [-0.05, 0) is 39.3 Å². The molecule has 0 radical (unpaired) electrons. The molecule has 1 saturated carbocycles. The van der Waals surface area contributed by atoms with E-state index in [1.165, 1.54) is 32.1 Å². The molecule has 2 N–H and O–H groups in total. The SMILES string of the molecule is CN(C)CCO[C@@H]1CCOC[C@@H]1NC(=O)NCC1CCCCC1. The maximum Gasteiger partial charge on any atom is 0.315 e. The molecular formula is C17H33N3O3.